The Kier molecular flexibility index (Phi) is 17.9. The molecule has 18 nitrogen and oxygen atoms in total. The number of nitrogens with two attached hydrogens (primary N) is 3. The molecule has 5 amide bonds. The highest BCUT2D eigenvalue weighted by molar-refractivity contribution is 7.95. The molecule has 2 heterocycles. The number of methoxy groups -OCH3 is 1. The fraction of sp³-hybridized carbons (Fsp3) is 0.349. The number of rotatable bonds is 25. The molecule has 13 N–H and O–H groups in total. The molecule has 0 bridgehead atoms. The maximum atomic E-state index is 14.0. The Balaban J connectivity index is 1.32. The first-order valence-corrected chi connectivity index (χ1v) is 21.1. The first-order chi connectivity index (χ1) is 29.9. The Labute approximate surface area is 364 Å². The van der Waals surface area contributed by atoms with E-state index in [-0.39, 0.29) is 25.8 Å². The van der Waals surface area contributed by atoms with Crippen LogP contribution in [0.4, 0.5) is 0 Å². The number of imidazole rings is 1. The summed E-state index contributed by atoms with van der Waals surface area (Å²) < 4.78 is 9.98. The molecular formula is C43H56N12O6S. The number of unbranched alkanes of at least 4 members (excludes halogenated alkanes) is 1. The van der Waals surface area contributed by atoms with Crippen molar-refractivity contribution in [1.82, 2.24) is 45.5 Å². The van der Waals surface area contributed by atoms with Crippen molar-refractivity contribution in [2.45, 2.75) is 82.2 Å². The van der Waals surface area contributed by atoms with E-state index in [1.165, 1.54) is 17.7 Å². The van der Waals surface area contributed by atoms with Crippen LogP contribution in [0.2, 0.25) is 0 Å². The van der Waals surface area contributed by atoms with Gasteiger partial charge in [0, 0.05) is 48.3 Å². The van der Waals surface area contributed by atoms with Gasteiger partial charge in [0.15, 0.2) is 0 Å². The molecule has 62 heavy (non-hydrogen) atoms. The summed E-state index contributed by atoms with van der Waals surface area (Å²) in [7, 11) is 1.56. The zero-order valence-electron chi connectivity index (χ0n) is 34.8. The molecule has 330 valence electrons. The number of H-pyrrole nitrogens is 2. The van der Waals surface area contributed by atoms with E-state index in [0.29, 0.717) is 37.3 Å². The summed E-state index contributed by atoms with van der Waals surface area (Å²) >= 11 is 0.959. The van der Waals surface area contributed by atoms with Gasteiger partial charge in [-0.1, -0.05) is 60.7 Å². The van der Waals surface area contributed by atoms with Gasteiger partial charge < -0.3 is 47.9 Å². The van der Waals surface area contributed by atoms with Crippen LogP contribution in [-0.4, -0.2) is 92.8 Å². The second-order valence-electron chi connectivity index (χ2n) is 14.8. The number of carbonyl (C=O) groups is 5. The van der Waals surface area contributed by atoms with Crippen LogP contribution in [-0.2, 0) is 49.8 Å². The first kappa shape index (κ1) is 46.8. The topological polar surface area (TPSA) is 280 Å². The van der Waals surface area contributed by atoms with Crippen LogP contribution < -0.4 is 48.0 Å². The predicted octanol–water partition coefficient (Wildman–Crippen LogP) is 1.40. The summed E-state index contributed by atoms with van der Waals surface area (Å²) in [5, 5.41) is 9.21. The van der Waals surface area contributed by atoms with Crippen LogP contribution in [0.15, 0.2) is 97.6 Å². The van der Waals surface area contributed by atoms with Gasteiger partial charge in [-0.25, -0.2) is 9.71 Å². The van der Waals surface area contributed by atoms with Crippen LogP contribution in [0, 0.1) is 0 Å². The number of nitrogens with one attached hydrogen (secondary N) is 7. The van der Waals surface area contributed by atoms with Crippen molar-refractivity contribution < 1.29 is 28.7 Å². The molecule has 5 atom stereocenters. The molecule has 0 fully saturated rings. The van der Waals surface area contributed by atoms with Gasteiger partial charge >= 0.3 is 0 Å². The van der Waals surface area contributed by atoms with Crippen LogP contribution in [0.1, 0.15) is 48.6 Å². The number of para-hydroxylation sites is 1. The van der Waals surface area contributed by atoms with Crippen LogP contribution in [0.3, 0.4) is 0 Å². The highest BCUT2D eigenvalue weighted by atomic mass is 32.2. The third-order valence-corrected chi connectivity index (χ3v) is 10.9. The molecule has 0 aliphatic rings. The molecule has 5 rings (SSSR count). The molecule has 2 aromatic heterocycles. The monoisotopic (exact) mass is 868 g/mol. The van der Waals surface area contributed by atoms with Crippen molar-refractivity contribution in [2.75, 3.05) is 13.7 Å². The van der Waals surface area contributed by atoms with E-state index in [2.05, 4.69) is 41.1 Å². The maximum absolute atomic E-state index is 14.0. The summed E-state index contributed by atoms with van der Waals surface area (Å²) in [6.45, 7) is 2.10. The molecule has 0 saturated carbocycles. The van der Waals surface area contributed by atoms with Crippen molar-refractivity contribution in [2.24, 2.45) is 17.2 Å². The summed E-state index contributed by atoms with van der Waals surface area (Å²) in [4.78, 5) is 77.6. The van der Waals surface area contributed by atoms with Crippen molar-refractivity contribution in [3.8, 4) is 5.75 Å². The van der Waals surface area contributed by atoms with E-state index in [1.54, 1.807) is 31.6 Å². The van der Waals surface area contributed by atoms with Crippen LogP contribution in [0.25, 0.3) is 10.9 Å². The lowest BCUT2D eigenvalue weighted by molar-refractivity contribution is -0.133. The molecule has 0 radical (unpaired) electrons. The number of nitrogens with zero attached hydrogens (tertiary/aromatic N) is 2. The average Bonchev–Trinajstić information content (AvgIpc) is 3.94. The highest BCUT2D eigenvalue weighted by Gasteiger charge is 2.30. The van der Waals surface area contributed by atoms with E-state index in [0.717, 1.165) is 39.7 Å². The Bertz CT molecular complexity index is 2210. The number of hydrazine groups is 1. The number of fused-ring (bicyclic) bond motifs is 1. The Morgan fingerprint density at radius 2 is 1.50 bits per heavy atom. The van der Waals surface area contributed by atoms with Gasteiger partial charge in [0.25, 0.3) is 5.91 Å². The molecule has 0 aliphatic carbocycles. The molecule has 5 aromatic rings. The first-order valence-electron chi connectivity index (χ1n) is 20.3. The third kappa shape index (κ3) is 14.2. The molecule has 19 heteroatoms. The van der Waals surface area contributed by atoms with Gasteiger partial charge in [0.1, 0.15) is 29.9 Å². The number of aromatic nitrogens is 3. The number of primary amides is 1. The zero-order chi connectivity index (χ0) is 44.4. The van der Waals surface area contributed by atoms with Crippen LogP contribution in [0.5, 0.6) is 5.75 Å². The quantitative estimate of drug-likeness (QED) is 0.0227. The molecular weight excluding hydrogens is 813 g/mol. The van der Waals surface area contributed by atoms with Gasteiger partial charge in [-0.15, -0.1) is 4.41 Å². The SMILES string of the molecule is COc1ccc(CN(NC(=O)[C@H](C)NC(=O)[C@@H](Cc2c[nH]c3ccccc23)NC(=O)[C@@H](N)Cc2c[nH]cn2)SN[C@H](Cc2ccccc2)C(=O)N[C@@H](CCCCN)C(N)=O)cc1. The number of hydrogen-bond donors (Lipinski definition) is 10. The molecule has 0 saturated heterocycles. The van der Waals surface area contributed by atoms with Gasteiger partial charge in [0.2, 0.25) is 23.6 Å². The number of hydrogen-bond acceptors (Lipinski definition) is 12. The van der Waals surface area contributed by atoms with E-state index in [9.17, 15) is 24.0 Å². The fourth-order valence-corrected chi connectivity index (χ4v) is 7.33. The van der Waals surface area contributed by atoms with Crippen molar-refractivity contribution in [3.63, 3.8) is 0 Å². The third-order valence-electron chi connectivity index (χ3n) is 10.0. The standard InChI is InChI=1S/C43H56N12O6S/c1-27(50-42(59)37(21-30-23-48-35-13-7-6-12-33(30)35)52-41(58)34(45)22-31-24-47-26-49-31)40(57)53-55(25-29-15-17-32(61-2)18-16-29)62-54-38(20-28-10-4-3-5-11-28)43(60)51-36(39(46)56)14-8-9-19-44/h3-7,10-13,15-18,23-24,26-27,34,36-38,48,54H,8-9,14,19-22,25,44-45H2,1-2H3,(H2,46,56)(H,47,49)(H,50,59)(H,51,60)(H,52,58)(H,53,57)/t27-,34-,36-,37+,38+/m0/s1. The van der Waals surface area contributed by atoms with Crippen molar-refractivity contribution in [3.05, 3.63) is 120 Å². The van der Waals surface area contributed by atoms with Crippen molar-refractivity contribution in [1.29, 1.82) is 0 Å². The van der Waals surface area contributed by atoms with Gasteiger partial charge in [-0.3, -0.25) is 29.4 Å². The normalized spacial score (nSPS) is 13.7. The van der Waals surface area contributed by atoms with Gasteiger partial charge in [-0.2, -0.15) is 0 Å². The Morgan fingerprint density at radius 1 is 0.790 bits per heavy atom. The summed E-state index contributed by atoms with van der Waals surface area (Å²) in [5.41, 5.74) is 24.2. The smallest absolute Gasteiger partial charge is 0.257 e. The molecule has 0 aliphatic heterocycles. The minimum absolute atomic E-state index is 0.100. The average molecular weight is 869 g/mol. The highest BCUT2D eigenvalue weighted by Crippen LogP contribution is 2.20. The van der Waals surface area contributed by atoms with Gasteiger partial charge in [0.05, 0.1) is 31.7 Å². The minimum atomic E-state index is -1.11. The number of carbonyl (C=O) groups excluding carboxylic acids is 5. The number of amides is 5. The van der Waals surface area contributed by atoms with E-state index < -0.39 is 59.7 Å². The second-order valence-corrected chi connectivity index (χ2v) is 15.6. The molecule has 0 spiro atoms. The number of aromatic amines is 2. The predicted molar refractivity (Wildman–Crippen MR) is 237 cm³/mol. The lowest BCUT2D eigenvalue weighted by Crippen LogP contribution is -2.57. The van der Waals surface area contributed by atoms with Crippen molar-refractivity contribution >= 4 is 52.6 Å². The Hall–Kier alpha value is -6.25. The maximum Gasteiger partial charge on any atom is 0.257 e. The lowest BCUT2D eigenvalue weighted by Gasteiger charge is -2.28. The number of ether oxygens (including phenoxy) is 1. The molecule has 3 aromatic carbocycles. The van der Waals surface area contributed by atoms with Gasteiger partial charge in [-0.05, 0) is 74.0 Å². The largest absolute Gasteiger partial charge is 0.497 e. The van der Waals surface area contributed by atoms with E-state index in [4.69, 9.17) is 21.9 Å². The minimum Gasteiger partial charge on any atom is -0.497 e. The summed E-state index contributed by atoms with van der Waals surface area (Å²) in [6.07, 6.45) is 6.97. The van der Waals surface area contributed by atoms with E-state index >= 15 is 0 Å². The van der Waals surface area contributed by atoms with E-state index in [1.807, 2.05) is 66.7 Å². The fourth-order valence-electron chi connectivity index (χ4n) is 6.54. The summed E-state index contributed by atoms with van der Waals surface area (Å²) in [6, 6.07) is 19.1. The molecule has 0 unspecified atom stereocenters. The zero-order valence-corrected chi connectivity index (χ0v) is 35.6. The summed E-state index contributed by atoms with van der Waals surface area (Å²) in [5.74, 6) is -2.26. The van der Waals surface area contributed by atoms with Crippen LogP contribution >= 0.6 is 12.1 Å². The second kappa shape index (κ2) is 23.7. The number of benzene rings is 3. The lowest BCUT2D eigenvalue weighted by atomic mass is 10.0. The Morgan fingerprint density at radius 3 is 2.19 bits per heavy atom.